The summed E-state index contributed by atoms with van der Waals surface area (Å²) in [5.41, 5.74) is 0.210. The number of aromatic nitrogens is 3. The van der Waals surface area contributed by atoms with Gasteiger partial charge in [-0.3, -0.25) is 14.7 Å². The van der Waals surface area contributed by atoms with Crippen LogP contribution in [0.25, 0.3) is 0 Å². The molecule has 2 aromatic rings. The second kappa shape index (κ2) is 7.26. The number of amides is 1. The minimum Gasteiger partial charge on any atom is -0.354 e. The Morgan fingerprint density at radius 1 is 1.40 bits per heavy atom. The Kier molecular flexibility index (Phi) is 4.89. The van der Waals surface area contributed by atoms with Gasteiger partial charge in [-0.1, -0.05) is 13.0 Å². The van der Waals surface area contributed by atoms with Crippen molar-refractivity contribution in [2.45, 2.75) is 26.2 Å². The number of hydrogen-bond acceptors (Lipinski definition) is 6. The van der Waals surface area contributed by atoms with Gasteiger partial charge in [-0.25, -0.2) is 4.98 Å². The summed E-state index contributed by atoms with van der Waals surface area (Å²) in [7, 11) is 0. The van der Waals surface area contributed by atoms with E-state index in [1.165, 1.54) is 0 Å². The summed E-state index contributed by atoms with van der Waals surface area (Å²) in [4.78, 5) is 26.9. The zero-order valence-electron chi connectivity index (χ0n) is 14.1. The van der Waals surface area contributed by atoms with Crippen LogP contribution in [0, 0.1) is 16.7 Å². The molecule has 1 unspecified atom stereocenters. The molecule has 7 nitrogen and oxygen atoms in total. The van der Waals surface area contributed by atoms with Crippen molar-refractivity contribution in [3.63, 3.8) is 0 Å². The Hall–Kier alpha value is -3.01. The van der Waals surface area contributed by atoms with Crippen LogP contribution in [0.5, 0.6) is 0 Å². The fourth-order valence-corrected chi connectivity index (χ4v) is 2.95. The maximum atomic E-state index is 12.6. The summed E-state index contributed by atoms with van der Waals surface area (Å²) in [5, 5.41) is 12.6. The van der Waals surface area contributed by atoms with E-state index in [9.17, 15) is 10.1 Å². The van der Waals surface area contributed by atoms with Crippen LogP contribution in [0.2, 0.25) is 0 Å². The molecule has 3 heterocycles. The lowest BCUT2D eigenvalue weighted by molar-refractivity contribution is -0.123. The first-order valence-electron chi connectivity index (χ1n) is 8.37. The second-order valence-electron chi connectivity index (χ2n) is 6.03. The standard InChI is InChI=1S/C18H20N6O/c1-2-18(13-19)7-11-24(16(18)25)15-6-10-22-17(23-15)21-9-5-14-4-3-8-20-12-14/h3-4,6,8,10,12H,2,5,7,9,11H2,1H3,(H,21,22,23). The Labute approximate surface area is 146 Å². The van der Waals surface area contributed by atoms with Crippen molar-refractivity contribution in [3.8, 4) is 6.07 Å². The van der Waals surface area contributed by atoms with Crippen molar-refractivity contribution in [2.75, 3.05) is 23.3 Å². The first-order valence-corrected chi connectivity index (χ1v) is 8.37. The highest BCUT2D eigenvalue weighted by molar-refractivity contribution is 6.01. The van der Waals surface area contributed by atoms with Gasteiger partial charge in [-0.2, -0.15) is 10.2 Å². The van der Waals surface area contributed by atoms with Gasteiger partial charge in [0.2, 0.25) is 11.9 Å². The summed E-state index contributed by atoms with van der Waals surface area (Å²) >= 11 is 0. The summed E-state index contributed by atoms with van der Waals surface area (Å²) in [6, 6.07) is 7.81. The topological polar surface area (TPSA) is 94.8 Å². The van der Waals surface area contributed by atoms with Crippen molar-refractivity contribution in [3.05, 3.63) is 42.4 Å². The van der Waals surface area contributed by atoms with E-state index < -0.39 is 5.41 Å². The summed E-state index contributed by atoms with van der Waals surface area (Å²) in [6.45, 7) is 3.04. The van der Waals surface area contributed by atoms with E-state index in [1.54, 1.807) is 23.4 Å². The molecule has 0 aromatic carbocycles. The van der Waals surface area contributed by atoms with Gasteiger partial charge in [-0.05, 0) is 37.0 Å². The Balaban J connectivity index is 1.66. The van der Waals surface area contributed by atoms with Gasteiger partial charge in [0.25, 0.3) is 0 Å². The maximum absolute atomic E-state index is 12.6. The van der Waals surface area contributed by atoms with Crippen molar-refractivity contribution >= 4 is 17.7 Å². The average molecular weight is 336 g/mol. The highest BCUT2D eigenvalue weighted by atomic mass is 16.2. The number of anilines is 2. The third-order valence-corrected chi connectivity index (χ3v) is 4.57. The van der Waals surface area contributed by atoms with Gasteiger partial charge in [0.15, 0.2) is 0 Å². The number of carbonyl (C=O) groups excluding carboxylic acids is 1. The molecule has 0 bridgehead atoms. The predicted octanol–water partition coefficient (Wildman–Crippen LogP) is 2.18. The molecule has 1 aliphatic rings. The van der Waals surface area contributed by atoms with Gasteiger partial charge >= 0.3 is 0 Å². The van der Waals surface area contributed by atoms with Gasteiger partial charge in [0.1, 0.15) is 11.2 Å². The number of hydrogen-bond donors (Lipinski definition) is 1. The smallest absolute Gasteiger partial charge is 0.248 e. The number of nitriles is 1. The van der Waals surface area contributed by atoms with E-state index in [2.05, 4.69) is 26.3 Å². The molecule has 128 valence electrons. The molecule has 1 saturated heterocycles. The Morgan fingerprint density at radius 2 is 2.28 bits per heavy atom. The summed E-state index contributed by atoms with van der Waals surface area (Å²) in [5.74, 6) is 0.840. The lowest BCUT2D eigenvalue weighted by Gasteiger charge is -2.19. The van der Waals surface area contributed by atoms with Crippen molar-refractivity contribution in [1.29, 1.82) is 5.26 Å². The van der Waals surface area contributed by atoms with E-state index in [0.29, 0.717) is 37.7 Å². The molecule has 1 aliphatic heterocycles. The zero-order valence-corrected chi connectivity index (χ0v) is 14.1. The third kappa shape index (κ3) is 3.43. The van der Waals surface area contributed by atoms with Crippen molar-refractivity contribution in [1.82, 2.24) is 15.0 Å². The molecular formula is C18H20N6O. The van der Waals surface area contributed by atoms with E-state index in [0.717, 1.165) is 12.0 Å². The lowest BCUT2D eigenvalue weighted by Crippen LogP contribution is -2.33. The second-order valence-corrected chi connectivity index (χ2v) is 6.03. The van der Waals surface area contributed by atoms with Crippen molar-refractivity contribution in [2.24, 2.45) is 5.41 Å². The number of pyridine rings is 1. The normalized spacial score (nSPS) is 19.7. The van der Waals surface area contributed by atoms with Gasteiger partial charge in [0, 0.05) is 31.7 Å². The van der Waals surface area contributed by atoms with Gasteiger partial charge < -0.3 is 5.32 Å². The van der Waals surface area contributed by atoms with Crippen LogP contribution >= 0.6 is 0 Å². The number of carbonyl (C=O) groups is 1. The van der Waals surface area contributed by atoms with Crippen LogP contribution in [0.1, 0.15) is 25.3 Å². The highest BCUT2D eigenvalue weighted by Crippen LogP contribution is 2.36. The average Bonchev–Trinajstić information content (AvgIpc) is 3.00. The van der Waals surface area contributed by atoms with Crippen LogP contribution < -0.4 is 10.2 Å². The van der Waals surface area contributed by atoms with Crippen molar-refractivity contribution < 1.29 is 4.79 Å². The molecule has 0 spiro atoms. The van der Waals surface area contributed by atoms with Crippen LogP contribution in [-0.4, -0.2) is 33.9 Å². The van der Waals surface area contributed by atoms with E-state index in [-0.39, 0.29) is 5.91 Å². The van der Waals surface area contributed by atoms with Gasteiger partial charge in [0.05, 0.1) is 6.07 Å². The molecule has 0 radical (unpaired) electrons. The van der Waals surface area contributed by atoms with Crippen LogP contribution in [0.15, 0.2) is 36.8 Å². The molecule has 7 heteroatoms. The highest BCUT2D eigenvalue weighted by Gasteiger charge is 2.46. The quantitative estimate of drug-likeness (QED) is 0.869. The minimum absolute atomic E-state index is 0.169. The van der Waals surface area contributed by atoms with E-state index in [4.69, 9.17) is 0 Å². The predicted molar refractivity (Wildman–Crippen MR) is 93.8 cm³/mol. The van der Waals surface area contributed by atoms with Gasteiger partial charge in [-0.15, -0.1) is 0 Å². The number of nitrogens with zero attached hydrogens (tertiary/aromatic N) is 5. The first kappa shape index (κ1) is 16.8. The fraction of sp³-hybridized carbons (Fsp3) is 0.389. The molecule has 1 amide bonds. The van der Waals surface area contributed by atoms with Crippen LogP contribution in [0.3, 0.4) is 0 Å². The molecule has 1 N–H and O–H groups in total. The fourth-order valence-electron chi connectivity index (χ4n) is 2.95. The Bertz CT molecular complexity index is 788. The molecule has 0 saturated carbocycles. The SMILES string of the molecule is CCC1(C#N)CCN(c2ccnc(NCCc3cccnc3)n2)C1=O. The molecule has 1 atom stereocenters. The first-order chi connectivity index (χ1) is 12.2. The summed E-state index contributed by atoms with van der Waals surface area (Å²) in [6.07, 6.45) is 7.05. The molecule has 2 aromatic heterocycles. The van der Waals surface area contributed by atoms with Crippen LogP contribution in [-0.2, 0) is 11.2 Å². The Morgan fingerprint density at radius 3 is 2.96 bits per heavy atom. The van der Waals surface area contributed by atoms with E-state index >= 15 is 0 Å². The molecule has 0 aliphatic carbocycles. The van der Waals surface area contributed by atoms with Crippen LogP contribution in [0.4, 0.5) is 11.8 Å². The zero-order chi connectivity index (χ0) is 17.7. The number of nitrogens with one attached hydrogen (secondary N) is 1. The maximum Gasteiger partial charge on any atom is 0.248 e. The molecule has 25 heavy (non-hydrogen) atoms. The number of rotatable bonds is 6. The third-order valence-electron chi connectivity index (χ3n) is 4.57. The molecule has 1 fully saturated rings. The lowest BCUT2D eigenvalue weighted by atomic mass is 9.85. The molecular weight excluding hydrogens is 316 g/mol. The molecule has 3 rings (SSSR count). The van der Waals surface area contributed by atoms with E-state index in [1.807, 2.05) is 25.3 Å². The monoisotopic (exact) mass is 336 g/mol. The minimum atomic E-state index is -0.918. The summed E-state index contributed by atoms with van der Waals surface area (Å²) < 4.78 is 0. The largest absolute Gasteiger partial charge is 0.354 e.